The summed E-state index contributed by atoms with van der Waals surface area (Å²) in [6, 6.07) is 15.7. The molecule has 4 aromatic rings. The smallest absolute Gasteiger partial charge is 0.273 e. The van der Waals surface area contributed by atoms with E-state index in [9.17, 15) is 10.1 Å². The van der Waals surface area contributed by atoms with E-state index in [1.165, 1.54) is 11.2 Å². The minimum atomic E-state index is -1.50. The summed E-state index contributed by atoms with van der Waals surface area (Å²) in [5.41, 5.74) is 8.38. The summed E-state index contributed by atoms with van der Waals surface area (Å²) in [7, 11) is 0. The zero-order chi connectivity index (χ0) is 33.2. The molecule has 48 heavy (non-hydrogen) atoms. The Morgan fingerprint density at radius 3 is 2.58 bits per heavy atom. The zero-order valence-corrected chi connectivity index (χ0v) is 26.6. The minimum absolute atomic E-state index is 0.00216. The molecule has 14 nitrogen and oxygen atoms in total. The van der Waals surface area contributed by atoms with Crippen molar-refractivity contribution in [1.29, 1.82) is 5.26 Å². The van der Waals surface area contributed by atoms with E-state index < -0.39 is 18.2 Å². The number of nitriles is 1. The topological polar surface area (TPSA) is 174 Å². The quantitative estimate of drug-likeness (QED) is 0.249. The number of likely N-dealkylation sites (tertiary alicyclic amines) is 1. The van der Waals surface area contributed by atoms with Crippen LogP contribution in [0.1, 0.15) is 22.5 Å². The number of carbonyl (C=O) groups is 1. The Morgan fingerprint density at radius 2 is 1.92 bits per heavy atom. The van der Waals surface area contributed by atoms with E-state index in [1.54, 1.807) is 18.2 Å². The highest BCUT2D eigenvalue weighted by Gasteiger charge is 2.35. The molecule has 0 unspecified atom stereocenters. The fourth-order valence-electron chi connectivity index (χ4n) is 6.02. The number of ether oxygens (including phenoxy) is 2. The number of nitrogens with two attached hydrogens (primary N) is 1. The first-order chi connectivity index (χ1) is 23.4. The predicted octanol–water partition coefficient (Wildman–Crippen LogP) is 3.26. The van der Waals surface area contributed by atoms with Crippen LogP contribution in [0.15, 0.2) is 48.8 Å². The lowest BCUT2D eigenvalue weighted by molar-refractivity contribution is -0.0660. The molecule has 7 rings (SSSR count). The van der Waals surface area contributed by atoms with Crippen molar-refractivity contribution in [1.82, 2.24) is 34.9 Å². The molecular formula is C32H33ClFN11O3. The van der Waals surface area contributed by atoms with Crippen LogP contribution in [0, 0.1) is 11.3 Å². The van der Waals surface area contributed by atoms with Crippen LogP contribution in [0.3, 0.4) is 0 Å². The summed E-state index contributed by atoms with van der Waals surface area (Å²) in [4.78, 5) is 32.1. The average Bonchev–Trinajstić information content (AvgIpc) is 3.42. The van der Waals surface area contributed by atoms with Crippen molar-refractivity contribution in [3.8, 4) is 23.2 Å². The Balaban J connectivity index is 0.965. The molecule has 0 aliphatic carbocycles. The predicted molar refractivity (Wildman–Crippen MR) is 176 cm³/mol. The monoisotopic (exact) mass is 673 g/mol. The van der Waals surface area contributed by atoms with Crippen LogP contribution in [0.5, 0.6) is 5.75 Å². The Bertz CT molecular complexity index is 1820. The van der Waals surface area contributed by atoms with Crippen LogP contribution >= 0.6 is 11.6 Å². The van der Waals surface area contributed by atoms with Crippen molar-refractivity contribution in [2.45, 2.75) is 24.7 Å². The van der Waals surface area contributed by atoms with Crippen LogP contribution in [0.4, 0.5) is 27.5 Å². The number of carbonyl (C=O) groups excluding carboxylic acids is 1. The minimum Gasteiger partial charge on any atom is -0.486 e. The molecule has 0 saturated carbocycles. The van der Waals surface area contributed by atoms with E-state index in [0.717, 1.165) is 50.8 Å². The van der Waals surface area contributed by atoms with Gasteiger partial charge in [0.2, 0.25) is 5.95 Å². The molecule has 3 aliphatic rings. The molecule has 2 aromatic heterocycles. The third kappa shape index (κ3) is 6.55. The second-order valence-electron chi connectivity index (χ2n) is 11.9. The SMILES string of the molecule is N#Cc1cc(-c2ncnc(Nc3ccc(N4CCN(C5COC5)CC4)cc3)n2)ccc1O[C@H]1CCN(C(=O)c2[nH]nc(N)c2Cl)C[C@@H]1F. The highest BCUT2D eigenvalue weighted by molar-refractivity contribution is 6.35. The van der Waals surface area contributed by atoms with E-state index in [-0.39, 0.29) is 47.4 Å². The van der Waals surface area contributed by atoms with E-state index in [0.29, 0.717) is 23.4 Å². The normalized spacial score (nSPS) is 20.2. The Morgan fingerprint density at radius 1 is 1.12 bits per heavy atom. The number of hydrogen-bond donors (Lipinski definition) is 3. The number of aromatic nitrogens is 5. The van der Waals surface area contributed by atoms with E-state index in [4.69, 9.17) is 26.8 Å². The molecule has 0 spiro atoms. The molecule has 3 fully saturated rings. The number of nitrogen functional groups attached to an aromatic ring is 1. The first-order valence-electron chi connectivity index (χ1n) is 15.6. The van der Waals surface area contributed by atoms with Gasteiger partial charge in [-0.2, -0.15) is 15.3 Å². The summed E-state index contributed by atoms with van der Waals surface area (Å²) in [6.07, 6.45) is -0.759. The van der Waals surface area contributed by atoms with Crippen molar-refractivity contribution in [2.75, 3.05) is 68.4 Å². The number of aromatic amines is 1. The Labute approximate surface area is 280 Å². The number of anilines is 4. The first kappa shape index (κ1) is 31.6. The summed E-state index contributed by atoms with van der Waals surface area (Å²) >= 11 is 6.04. The van der Waals surface area contributed by atoms with Gasteiger partial charge in [0.1, 0.15) is 35.0 Å². The zero-order valence-electron chi connectivity index (χ0n) is 25.9. The number of nitrogens with zero attached hydrogens (tertiary/aromatic N) is 8. The number of rotatable bonds is 8. The molecule has 16 heteroatoms. The van der Waals surface area contributed by atoms with Gasteiger partial charge in [0.05, 0.1) is 31.4 Å². The molecule has 3 aliphatic heterocycles. The summed E-state index contributed by atoms with van der Waals surface area (Å²) in [5, 5.41) is 19.3. The van der Waals surface area contributed by atoms with Crippen LogP contribution in [-0.2, 0) is 4.74 Å². The maximum absolute atomic E-state index is 15.2. The van der Waals surface area contributed by atoms with Gasteiger partial charge in [-0.25, -0.2) is 14.4 Å². The fourth-order valence-corrected chi connectivity index (χ4v) is 6.19. The Kier molecular flexibility index (Phi) is 8.94. The van der Waals surface area contributed by atoms with Gasteiger partial charge in [0.25, 0.3) is 5.91 Å². The number of nitrogens with one attached hydrogen (secondary N) is 2. The number of halogens is 2. The van der Waals surface area contributed by atoms with Crippen molar-refractivity contribution in [2.24, 2.45) is 0 Å². The van der Waals surface area contributed by atoms with Gasteiger partial charge in [0.15, 0.2) is 17.8 Å². The molecule has 3 saturated heterocycles. The molecule has 2 atom stereocenters. The highest BCUT2D eigenvalue weighted by atomic mass is 35.5. The number of benzene rings is 2. The Hall–Kier alpha value is -5.04. The first-order valence-corrected chi connectivity index (χ1v) is 16.0. The maximum Gasteiger partial charge on any atom is 0.273 e. The van der Waals surface area contributed by atoms with Gasteiger partial charge in [-0.05, 0) is 42.5 Å². The standard InChI is InChI=1S/C32H33ClFN11O3/c33-27-28(41-42-29(27)36)31(46)45-8-7-26(24(34)15-45)48-25-6-1-19(13-20(25)14-35)30-37-18-38-32(40-30)39-21-2-4-22(5-3-21)43-9-11-44(12-10-43)23-16-47-17-23/h1-6,13,18,23-24,26H,7-12,15-17H2,(H3,36,41,42)(H,37,38,39,40)/t24-,26-/m0/s1. The van der Waals surface area contributed by atoms with Crippen LogP contribution in [0.25, 0.3) is 11.4 Å². The number of alkyl halides is 1. The van der Waals surface area contributed by atoms with Crippen LogP contribution < -0.4 is 20.7 Å². The maximum atomic E-state index is 15.2. The lowest BCUT2D eigenvalue weighted by Gasteiger charge is -2.43. The molecule has 5 heterocycles. The fraction of sp³-hybridized carbons (Fsp3) is 0.375. The van der Waals surface area contributed by atoms with Gasteiger partial charge in [-0.1, -0.05) is 11.6 Å². The summed E-state index contributed by atoms with van der Waals surface area (Å²) in [6.45, 7) is 5.69. The number of H-pyrrole nitrogens is 1. The van der Waals surface area contributed by atoms with Gasteiger partial charge in [-0.3, -0.25) is 14.8 Å². The third-order valence-electron chi connectivity index (χ3n) is 8.86. The third-order valence-corrected chi connectivity index (χ3v) is 9.25. The number of piperazine rings is 1. The van der Waals surface area contributed by atoms with Crippen molar-refractivity contribution in [3.63, 3.8) is 0 Å². The van der Waals surface area contributed by atoms with Gasteiger partial charge < -0.3 is 30.3 Å². The lowest BCUT2D eigenvalue weighted by Crippen LogP contribution is -2.56. The number of amides is 1. The average molecular weight is 674 g/mol. The molecule has 1 amide bonds. The largest absolute Gasteiger partial charge is 0.486 e. The highest BCUT2D eigenvalue weighted by Crippen LogP contribution is 2.30. The molecule has 2 aromatic carbocycles. The van der Waals surface area contributed by atoms with E-state index in [1.807, 2.05) is 12.1 Å². The second-order valence-corrected chi connectivity index (χ2v) is 12.2. The van der Waals surface area contributed by atoms with Gasteiger partial charge in [0, 0.05) is 56.1 Å². The molecule has 4 N–H and O–H groups in total. The summed E-state index contributed by atoms with van der Waals surface area (Å²) < 4.78 is 26.5. The number of hydrogen-bond acceptors (Lipinski definition) is 12. The van der Waals surface area contributed by atoms with Gasteiger partial charge in [-0.15, -0.1) is 0 Å². The molecular weight excluding hydrogens is 641 g/mol. The van der Waals surface area contributed by atoms with Crippen molar-refractivity contribution >= 4 is 40.6 Å². The van der Waals surface area contributed by atoms with Gasteiger partial charge >= 0.3 is 0 Å². The summed E-state index contributed by atoms with van der Waals surface area (Å²) in [5.74, 6) is 0.431. The van der Waals surface area contributed by atoms with Crippen LogP contribution in [-0.4, -0.2) is 112 Å². The van der Waals surface area contributed by atoms with Crippen molar-refractivity contribution < 1.29 is 18.7 Å². The van der Waals surface area contributed by atoms with E-state index >= 15 is 4.39 Å². The van der Waals surface area contributed by atoms with E-state index in [2.05, 4.69) is 58.5 Å². The number of piperidine rings is 1. The van der Waals surface area contributed by atoms with Crippen molar-refractivity contribution in [3.05, 3.63) is 65.1 Å². The lowest BCUT2D eigenvalue weighted by atomic mass is 10.0. The molecule has 0 bridgehead atoms. The second kappa shape index (κ2) is 13.6. The molecule has 248 valence electrons. The molecule has 0 radical (unpaired) electrons. The van der Waals surface area contributed by atoms with Crippen LogP contribution in [0.2, 0.25) is 5.02 Å².